The summed E-state index contributed by atoms with van der Waals surface area (Å²) in [6, 6.07) is 47.6. The van der Waals surface area contributed by atoms with Gasteiger partial charge in [-0.05, 0) is 111 Å². The van der Waals surface area contributed by atoms with Crippen LogP contribution in [-0.4, -0.2) is 87.8 Å². The molecule has 6 aromatic carbocycles. The number of likely N-dealkylation sites (N-methyl/N-ethyl adjacent to an activating group) is 3. The van der Waals surface area contributed by atoms with Crippen molar-refractivity contribution in [2.75, 3.05) is 39.9 Å². The first-order valence-corrected chi connectivity index (χ1v) is 31.1. The second kappa shape index (κ2) is 21.3. The molecule has 6 aromatic rings. The van der Waals surface area contributed by atoms with E-state index in [4.69, 9.17) is 29.2 Å². The van der Waals surface area contributed by atoms with Crippen LogP contribution in [0, 0.1) is 0 Å². The Balaban J connectivity index is 0.000000132. The van der Waals surface area contributed by atoms with Crippen LogP contribution in [0.1, 0.15) is 73.4 Å². The number of fused-ring (bicyclic) bond motifs is 6. The number of amidine groups is 3. The molecule has 6 aliphatic heterocycles. The number of rotatable bonds is 3. The van der Waals surface area contributed by atoms with Gasteiger partial charge in [0.15, 0.2) is 32.1 Å². The van der Waals surface area contributed by atoms with Crippen LogP contribution in [0.3, 0.4) is 0 Å². The maximum atomic E-state index is 13.4. The molecule has 78 heavy (non-hydrogen) atoms. The summed E-state index contributed by atoms with van der Waals surface area (Å²) < 4.78 is 22.0. The molecular weight excluding hydrogens is 1240 g/mol. The lowest BCUT2D eigenvalue weighted by molar-refractivity contribution is -0.134. The first-order valence-electron chi connectivity index (χ1n) is 25.1. The van der Waals surface area contributed by atoms with Gasteiger partial charge in [-0.25, -0.2) is 15.0 Å². The summed E-state index contributed by atoms with van der Waals surface area (Å²) in [6.45, 7) is 6.11. The summed E-state index contributed by atoms with van der Waals surface area (Å²) in [6.07, 6.45) is 7.21. The predicted molar refractivity (Wildman–Crippen MR) is 326 cm³/mol. The van der Waals surface area contributed by atoms with E-state index in [1.54, 1.807) is 35.8 Å². The fourth-order valence-corrected chi connectivity index (χ4v) is 14.5. The molecule has 3 spiro atoms. The zero-order chi connectivity index (χ0) is 55.6. The summed E-state index contributed by atoms with van der Waals surface area (Å²) >= 11 is 15.0. The molecule has 6 atom stereocenters. The van der Waals surface area contributed by atoms with Crippen molar-refractivity contribution in [3.63, 3.8) is 0 Å². The average molecular weight is 1290 g/mol. The minimum absolute atomic E-state index is 0.00773. The maximum Gasteiger partial charge on any atom is 0.261 e. The minimum atomic E-state index is -0.963. The molecule has 0 aromatic heterocycles. The van der Waals surface area contributed by atoms with Gasteiger partial charge in [0, 0.05) is 70.5 Å². The number of carbonyl (C=O) groups is 3. The third-order valence-electron chi connectivity index (χ3n) is 15.3. The Morgan fingerprint density at radius 3 is 0.872 bits per heavy atom. The van der Waals surface area contributed by atoms with Gasteiger partial charge in [-0.2, -0.15) is 0 Å². The van der Waals surface area contributed by atoms with Crippen LogP contribution in [0.5, 0.6) is 17.2 Å². The minimum Gasteiger partial charge on any atom is -0.482 e. The third kappa shape index (κ3) is 9.52. The molecule has 12 nitrogen and oxygen atoms in total. The number of benzene rings is 6. The molecule has 0 aliphatic carbocycles. The second-order valence-electron chi connectivity index (χ2n) is 20.5. The summed E-state index contributed by atoms with van der Waals surface area (Å²) in [5.74, 6) is 2.10. The van der Waals surface area contributed by atoms with Gasteiger partial charge < -0.3 is 14.2 Å². The van der Waals surface area contributed by atoms with Crippen molar-refractivity contribution in [2.45, 2.75) is 73.5 Å². The number of nitrogens with zero attached hydrogens (tertiary/aromatic N) is 6. The first kappa shape index (κ1) is 55.9. The van der Waals surface area contributed by atoms with E-state index in [1.165, 1.54) is 35.3 Å². The molecule has 18 heteroatoms. The van der Waals surface area contributed by atoms with Gasteiger partial charge in [-0.1, -0.05) is 174 Å². The highest BCUT2D eigenvalue weighted by Gasteiger charge is 2.60. The van der Waals surface area contributed by atoms with E-state index in [-0.39, 0.29) is 17.7 Å². The Labute approximate surface area is 493 Å². The molecule has 0 N–H and O–H groups in total. The van der Waals surface area contributed by atoms with E-state index in [0.717, 1.165) is 62.3 Å². The van der Waals surface area contributed by atoms with Crippen molar-refractivity contribution in [3.05, 3.63) is 192 Å². The topological polar surface area (TPSA) is 126 Å². The third-order valence-corrected chi connectivity index (χ3v) is 19.0. The van der Waals surface area contributed by atoms with Crippen molar-refractivity contribution in [1.29, 1.82) is 0 Å². The fraction of sp³-hybridized carbons (Fsp3) is 0.300. The molecule has 0 radical (unpaired) electrons. The van der Waals surface area contributed by atoms with E-state index in [9.17, 15) is 14.4 Å². The highest BCUT2D eigenvalue weighted by atomic mass is 79.9. The van der Waals surface area contributed by atoms with Gasteiger partial charge in [0.05, 0.1) is 0 Å². The summed E-state index contributed by atoms with van der Waals surface area (Å²) in [5, 5.41) is 2.20. The van der Waals surface area contributed by atoms with Gasteiger partial charge >= 0.3 is 0 Å². The van der Waals surface area contributed by atoms with E-state index in [2.05, 4.69) is 47.8 Å². The monoisotopic (exact) mass is 1290 g/mol. The zero-order valence-corrected chi connectivity index (χ0v) is 51.7. The molecule has 0 bridgehead atoms. The Morgan fingerprint density at radius 1 is 0.410 bits per heavy atom. The van der Waals surface area contributed by atoms with Gasteiger partial charge in [-0.3, -0.25) is 29.1 Å². The van der Waals surface area contributed by atoms with E-state index < -0.39 is 33.4 Å². The van der Waals surface area contributed by atoms with Crippen molar-refractivity contribution < 1.29 is 28.6 Å². The molecule has 6 heterocycles. The number of ether oxygens (including phenoxy) is 3. The molecule has 0 saturated carbocycles. The van der Waals surface area contributed by atoms with Crippen molar-refractivity contribution in [2.24, 2.45) is 15.0 Å². The Hall–Kier alpha value is -5.37. The molecular formula is C60H57Br3N6O6S3. The molecule has 3 amide bonds. The standard InChI is InChI=1S/3C20H19BrN2O2S/c3*1-19(13-7-5-4-6-8-13)12-20(17(24)23(2)18(22-20)26-3)15-11-14(21)9-10-16(15)25-19/h3*4-11H,12H2,1-3H3/t19-,20+;19-,20-;/m10./s1. The van der Waals surface area contributed by atoms with Crippen LogP contribution in [0.2, 0.25) is 0 Å². The number of aliphatic imine (C=N–C) groups is 3. The van der Waals surface area contributed by atoms with Crippen LogP contribution in [-0.2, 0) is 47.8 Å². The summed E-state index contributed by atoms with van der Waals surface area (Å²) in [4.78, 5) is 59.8. The lowest BCUT2D eigenvalue weighted by atomic mass is 9.74. The van der Waals surface area contributed by atoms with Crippen LogP contribution in [0.25, 0.3) is 0 Å². The van der Waals surface area contributed by atoms with Crippen LogP contribution in [0.15, 0.2) is 174 Å². The van der Waals surface area contributed by atoms with E-state index in [0.29, 0.717) is 36.5 Å². The molecule has 402 valence electrons. The lowest BCUT2D eigenvalue weighted by Crippen LogP contribution is -2.48. The Morgan fingerprint density at radius 2 is 0.654 bits per heavy atom. The number of hydrogen-bond donors (Lipinski definition) is 0. The van der Waals surface area contributed by atoms with Gasteiger partial charge in [0.25, 0.3) is 17.7 Å². The fourth-order valence-electron chi connectivity index (χ4n) is 11.6. The number of thioether (sulfide) groups is 3. The number of hydrogen-bond acceptors (Lipinski definition) is 12. The molecule has 6 aliphatic rings. The highest BCUT2D eigenvalue weighted by Crippen LogP contribution is 2.56. The molecule has 12 rings (SSSR count). The van der Waals surface area contributed by atoms with Gasteiger partial charge in [-0.15, -0.1) is 0 Å². The van der Waals surface area contributed by atoms with Gasteiger partial charge in [0.1, 0.15) is 34.1 Å². The van der Waals surface area contributed by atoms with Crippen molar-refractivity contribution >= 4 is 116 Å². The Kier molecular flexibility index (Phi) is 15.2. The predicted octanol–water partition coefficient (Wildman–Crippen LogP) is 13.6. The second-order valence-corrected chi connectivity index (χ2v) is 25.6. The van der Waals surface area contributed by atoms with Gasteiger partial charge in [0.2, 0.25) is 0 Å². The number of carbonyl (C=O) groups excluding carboxylic acids is 3. The largest absolute Gasteiger partial charge is 0.482 e. The smallest absolute Gasteiger partial charge is 0.261 e. The normalized spacial score (nSPS) is 27.3. The maximum absolute atomic E-state index is 13.4. The van der Waals surface area contributed by atoms with E-state index in [1.807, 2.05) is 185 Å². The Bertz CT molecular complexity index is 3110. The van der Waals surface area contributed by atoms with Crippen LogP contribution >= 0.6 is 83.1 Å². The average Bonchev–Trinajstić information content (AvgIpc) is 3.82. The van der Waals surface area contributed by atoms with Crippen molar-refractivity contribution in [3.8, 4) is 17.2 Å². The zero-order valence-electron chi connectivity index (χ0n) is 44.5. The van der Waals surface area contributed by atoms with Crippen LogP contribution < -0.4 is 14.2 Å². The first-order chi connectivity index (χ1) is 37.2. The number of halogens is 3. The molecule has 0 saturated heterocycles. The van der Waals surface area contributed by atoms with Crippen LogP contribution in [0.4, 0.5) is 0 Å². The van der Waals surface area contributed by atoms with Crippen molar-refractivity contribution in [1.82, 2.24) is 14.7 Å². The molecule has 0 fully saturated rings. The quantitative estimate of drug-likeness (QED) is 0.170. The summed E-state index contributed by atoms with van der Waals surface area (Å²) in [7, 11) is 5.37. The molecule has 2 unspecified atom stereocenters. The number of amides is 3. The SMILES string of the molecule is CSC1=NC2(CC(C)(c3ccccc3)Oc3ccc(Br)cc32)C(=O)N1C.CSC1=N[C@]2(C[C@@](C)(c3ccccc3)Oc3ccc(Br)cc32)C(=O)N1C.CSC1=N[C@]2(C[C@](C)(c3ccccc3)Oc3ccc(Br)cc32)C(=O)N1C. The highest BCUT2D eigenvalue weighted by molar-refractivity contribution is 9.11. The lowest BCUT2D eigenvalue weighted by Gasteiger charge is -2.43. The summed E-state index contributed by atoms with van der Waals surface area (Å²) in [5.41, 5.74) is 0.758. The van der Waals surface area contributed by atoms with E-state index >= 15 is 0 Å².